The number of primary sulfonamides is 1. The topological polar surface area (TPSA) is 106 Å². The molecule has 2 N–H and O–H groups in total. The van der Waals surface area contributed by atoms with Gasteiger partial charge in [0, 0.05) is 24.6 Å². The number of sulfonamides is 1. The Labute approximate surface area is 131 Å². The molecule has 22 heavy (non-hydrogen) atoms. The van der Waals surface area contributed by atoms with Crippen molar-refractivity contribution in [2.45, 2.75) is 11.7 Å². The fourth-order valence-electron chi connectivity index (χ4n) is 2.30. The van der Waals surface area contributed by atoms with Crippen molar-refractivity contribution < 1.29 is 17.7 Å². The van der Waals surface area contributed by atoms with Crippen LogP contribution in [0.1, 0.15) is 6.42 Å². The minimum absolute atomic E-state index is 0.0468. The monoisotopic (exact) mass is 341 g/mol. The van der Waals surface area contributed by atoms with Crippen LogP contribution in [0.5, 0.6) is 0 Å². The van der Waals surface area contributed by atoms with Gasteiger partial charge in [-0.15, -0.1) is 0 Å². The lowest BCUT2D eigenvalue weighted by Crippen LogP contribution is -2.31. The third-order valence-corrected chi connectivity index (χ3v) is 5.04. The van der Waals surface area contributed by atoms with Crippen LogP contribution in [0.3, 0.4) is 0 Å². The van der Waals surface area contributed by atoms with Crippen LogP contribution in [0.4, 0.5) is 5.88 Å². The summed E-state index contributed by atoms with van der Waals surface area (Å²) in [5.74, 6) is -0.202. The number of amides is 1. The molecule has 3 rings (SSSR count). The second-order valence-electron chi connectivity index (χ2n) is 4.95. The number of benzene rings is 1. The highest BCUT2D eigenvalue weighted by atomic mass is 35.5. The lowest BCUT2D eigenvalue weighted by atomic mass is 10.1. The van der Waals surface area contributed by atoms with Gasteiger partial charge in [0.1, 0.15) is 10.9 Å². The molecule has 1 amide bonds. The SMILES string of the molecule is NS(=O)(=O)C1CC(=O)N(c2cc(-c3ccccc3Cl)no2)C1. The zero-order valence-corrected chi connectivity index (χ0v) is 12.8. The predicted octanol–water partition coefficient (Wildman–Crippen LogP) is 1.39. The predicted molar refractivity (Wildman–Crippen MR) is 80.8 cm³/mol. The zero-order chi connectivity index (χ0) is 15.9. The molecule has 1 aromatic heterocycles. The van der Waals surface area contributed by atoms with Crippen molar-refractivity contribution in [3.05, 3.63) is 35.4 Å². The third-order valence-electron chi connectivity index (χ3n) is 3.47. The van der Waals surface area contributed by atoms with Crippen molar-refractivity contribution in [2.24, 2.45) is 5.14 Å². The summed E-state index contributed by atoms with van der Waals surface area (Å²) in [6.45, 7) is -0.0468. The van der Waals surface area contributed by atoms with E-state index in [1.807, 2.05) is 0 Å². The van der Waals surface area contributed by atoms with Gasteiger partial charge in [-0.05, 0) is 6.07 Å². The van der Waals surface area contributed by atoms with E-state index >= 15 is 0 Å². The zero-order valence-electron chi connectivity index (χ0n) is 11.3. The summed E-state index contributed by atoms with van der Waals surface area (Å²) < 4.78 is 27.9. The Bertz CT molecular complexity index is 833. The van der Waals surface area contributed by atoms with E-state index in [4.69, 9.17) is 21.3 Å². The fraction of sp³-hybridized carbons (Fsp3) is 0.231. The number of nitrogens with zero attached hydrogens (tertiary/aromatic N) is 2. The molecular formula is C13H12ClN3O4S. The lowest BCUT2D eigenvalue weighted by molar-refractivity contribution is -0.117. The average molecular weight is 342 g/mol. The second-order valence-corrected chi connectivity index (χ2v) is 7.20. The minimum Gasteiger partial charge on any atom is -0.338 e. The minimum atomic E-state index is -3.77. The van der Waals surface area contributed by atoms with Crippen LogP contribution in [0, 0.1) is 0 Å². The van der Waals surface area contributed by atoms with Crippen molar-refractivity contribution in [2.75, 3.05) is 11.4 Å². The van der Waals surface area contributed by atoms with Crippen LogP contribution in [0.25, 0.3) is 11.3 Å². The number of carbonyl (C=O) groups excluding carboxylic acids is 1. The quantitative estimate of drug-likeness (QED) is 0.907. The number of hydrogen-bond donors (Lipinski definition) is 1. The standard InChI is InChI=1S/C13H12ClN3O4S/c14-10-4-2-1-3-9(10)11-6-13(21-16-11)17-7-8(5-12(17)18)22(15,19)20/h1-4,6,8H,5,7H2,(H2,15,19,20). The molecule has 1 unspecified atom stereocenters. The van der Waals surface area contributed by atoms with Crippen molar-refractivity contribution in [1.29, 1.82) is 0 Å². The number of anilines is 1. The molecule has 1 saturated heterocycles. The van der Waals surface area contributed by atoms with Gasteiger partial charge in [0.15, 0.2) is 0 Å². The van der Waals surface area contributed by atoms with E-state index in [-0.39, 0.29) is 24.8 Å². The van der Waals surface area contributed by atoms with Gasteiger partial charge in [-0.2, -0.15) is 0 Å². The molecule has 7 nitrogen and oxygen atoms in total. The van der Waals surface area contributed by atoms with Crippen LogP contribution in [-0.2, 0) is 14.8 Å². The van der Waals surface area contributed by atoms with Crippen molar-refractivity contribution in [3.8, 4) is 11.3 Å². The number of aromatic nitrogens is 1. The molecule has 0 spiro atoms. The Kier molecular flexibility index (Phi) is 3.67. The van der Waals surface area contributed by atoms with Gasteiger partial charge >= 0.3 is 0 Å². The molecule has 1 atom stereocenters. The van der Waals surface area contributed by atoms with Crippen LogP contribution in [0.15, 0.2) is 34.9 Å². The number of halogens is 1. The van der Waals surface area contributed by atoms with Gasteiger partial charge in [-0.25, -0.2) is 13.6 Å². The first-order valence-electron chi connectivity index (χ1n) is 6.40. The molecule has 2 heterocycles. The van der Waals surface area contributed by atoms with Crippen molar-refractivity contribution in [3.63, 3.8) is 0 Å². The van der Waals surface area contributed by atoms with Crippen molar-refractivity contribution >= 4 is 33.4 Å². The first-order chi connectivity index (χ1) is 10.4. The van der Waals surface area contributed by atoms with Crippen LogP contribution in [-0.4, -0.2) is 31.3 Å². The van der Waals surface area contributed by atoms with Gasteiger partial charge in [-0.3, -0.25) is 9.69 Å². The first-order valence-corrected chi connectivity index (χ1v) is 8.38. The van der Waals surface area contributed by atoms with Gasteiger partial charge in [0.2, 0.25) is 21.8 Å². The van der Waals surface area contributed by atoms with E-state index in [0.29, 0.717) is 16.3 Å². The third kappa shape index (κ3) is 2.72. The smallest absolute Gasteiger partial charge is 0.234 e. The number of carbonyl (C=O) groups is 1. The summed E-state index contributed by atoms with van der Waals surface area (Å²) in [6.07, 6.45) is -0.166. The van der Waals surface area contributed by atoms with Gasteiger partial charge in [0.25, 0.3) is 0 Å². The van der Waals surface area contributed by atoms with Crippen LogP contribution in [0.2, 0.25) is 5.02 Å². The number of rotatable bonds is 3. The Morgan fingerprint density at radius 2 is 2.09 bits per heavy atom. The molecule has 2 aromatic rings. The molecule has 0 aliphatic carbocycles. The largest absolute Gasteiger partial charge is 0.338 e. The highest BCUT2D eigenvalue weighted by Crippen LogP contribution is 2.31. The summed E-state index contributed by atoms with van der Waals surface area (Å²) in [6, 6.07) is 8.61. The maximum Gasteiger partial charge on any atom is 0.234 e. The van der Waals surface area contributed by atoms with E-state index in [9.17, 15) is 13.2 Å². The molecule has 1 aliphatic heterocycles. The Hall–Kier alpha value is -1.90. The van der Waals surface area contributed by atoms with E-state index in [2.05, 4.69) is 5.16 Å². The highest BCUT2D eigenvalue weighted by Gasteiger charge is 2.38. The summed E-state index contributed by atoms with van der Waals surface area (Å²) >= 11 is 6.08. The molecule has 1 aromatic carbocycles. The van der Waals surface area contributed by atoms with Gasteiger partial charge in [0.05, 0.1) is 5.02 Å². The Balaban J connectivity index is 1.89. The van der Waals surface area contributed by atoms with Crippen molar-refractivity contribution in [1.82, 2.24) is 5.16 Å². The van der Waals surface area contributed by atoms with Gasteiger partial charge in [-0.1, -0.05) is 35.0 Å². The highest BCUT2D eigenvalue weighted by molar-refractivity contribution is 7.89. The fourth-order valence-corrected chi connectivity index (χ4v) is 3.26. The molecule has 1 aliphatic rings. The Morgan fingerprint density at radius 1 is 1.36 bits per heavy atom. The molecule has 116 valence electrons. The molecule has 1 fully saturated rings. The second kappa shape index (κ2) is 5.38. The van der Waals surface area contributed by atoms with E-state index in [1.54, 1.807) is 30.3 Å². The number of hydrogen-bond acceptors (Lipinski definition) is 5. The average Bonchev–Trinajstić information content (AvgIpc) is 3.05. The summed E-state index contributed by atoms with van der Waals surface area (Å²) in [7, 11) is -3.77. The molecule has 0 saturated carbocycles. The van der Waals surface area contributed by atoms with E-state index < -0.39 is 15.3 Å². The molecular weight excluding hydrogens is 330 g/mol. The molecule has 0 bridgehead atoms. The first kappa shape index (κ1) is 15.0. The summed E-state index contributed by atoms with van der Waals surface area (Å²) in [5.41, 5.74) is 1.13. The summed E-state index contributed by atoms with van der Waals surface area (Å²) in [4.78, 5) is 13.2. The van der Waals surface area contributed by atoms with E-state index in [0.717, 1.165) is 0 Å². The molecule has 0 radical (unpaired) electrons. The van der Waals surface area contributed by atoms with Crippen LogP contribution >= 0.6 is 11.6 Å². The maximum absolute atomic E-state index is 11.9. The normalized spacial score (nSPS) is 18.9. The van der Waals surface area contributed by atoms with E-state index in [1.165, 1.54) is 4.90 Å². The maximum atomic E-state index is 11.9. The summed E-state index contributed by atoms with van der Waals surface area (Å²) in [5, 5.41) is 8.53. The van der Waals surface area contributed by atoms with Gasteiger partial charge < -0.3 is 4.52 Å². The van der Waals surface area contributed by atoms with Crippen LogP contribution < -0.4 is 10.0 Å². The number of nitrogens with two attached hydrogens (primary N) is 1. The lowest BCUT2D eigenvalue weighted by Gasteiger charge is -2.10. The Morgan fingerprint density at radius 3 is 2.73 bits per heavy atom. The molecule has 9 heteroatoms.